The van der Waals surface area contributed by atoms with Gasteiger partial charge in [0.05, 0.1) is 10.7 Å². The van der Waals surface area contributed by atoms with Crippen LogP contribution in [0.4, 0.5) is 0 Å². The van der Waals surface area contributed by atoms with Crippen LogP contribution in [0.25, 0.3) is 0 Å². The van der Waals surface area contributed by atoms with Crippen LogP contribution < -0.4 is 0 Å². The van der Waals surface area contributed by atoms with Crippen LogP contribution in [0, 0.1) is 6.92 Å². The number of nitrogens with zero attached hydrogens (tertiary/aromatic N) is 1. The van der Waals surface area contributed by atoms with Gasteiger partial charge in [-0.1, -0.05) is 11.6 Å². The smallest absolute Gasteiger partial charge is 0.260 e. The van der Waals surface area contributed by atoms with Crippen LogP contribution in [0.5, 0.6) is 0 Å². The largest absolute Gasteiger partial charge is 0.262 e. The minimum atomic E-state index is -3.76. The molecule has 0 spiro atoms. The van der Waals surface area contributed by atoms with Gasteiger partial charge in [-0.25, -0.2) is 8.42 Å². The summed E-state index contributed by atoms with van der Waals surface area (Å²) in [7, 11) is 1.34. The van der Waals surface area contributed by atoms with E-state index < -0.39 is 9.05 Å². The highest BCUT2D eigenvalue weighted by atomic mass is 35.7. The molecule has 0 saturated carbocycles. The summed E-state index contributed by atoms with van der Waals surface area (Å²) >= 11 is 5.65. The van der Waals surface area contributed by atoms with Gasteiger partial charge in [0.1, 0.15) is 4.90 Å². The summed E-state index contributed by atoms with van der Waals surface area (Å²) in [6.07, 6.45) is 1.34. The van der Waals surface area contributed by atoms with Gasteiger partial charge in [0, 0.05) is 16.9 Å². The number of hydrogen-bond acceptors (Lipinski definition) is 3. The Labute approximate surface area is 79.8 Å². The summed E-state index contributed by atoms with van der Waals surface area (Å²) in [5.74, 6) is 0. The molecular formula is C6H5Cl2NO2S. The molecule has 1 aromatic rings. The Morgan fingerprint density at radius 2 is 2.08 bits per heavy atom. The van der Waals surface area contributed by atoms with E-state index in [9.17, 15) is 8.42 Å². The lowest BCUT2D eigenvalue weighted by Gasteiger charge is -2.00. The van der Waals surface area contributed by atoms with Crippen molar-refractivity contribution in [1.82, 2.24) is 4.98 Å². The molecule has 0 bridgehead atoms. The fourth-order valence-electron chi connectivity index (χ4n) is 0.713. The highest BCUT2D eigenvalue weighted by Gasteiger charge is 2.15. The zero-order valence-corrected chi connectivity index (χ0v) is 8.41. The molecule has 0 saturated heterocycles. The van der Waals surface area contributed by atoms with Crippen LogP contribution in [0.2, 0.25) is 5.02 Å². The Hall–Kier alpha value is -0.320. The zero-order chi connectivity index (χ0) is 9.35. The van der Waals surface area contributed by atoms with Crippen LogP contribution in [0.1, 0.15) is 5.69 Å². The maximum Gasteiger partial charge on any atom is 0.262 e. The lowest BCUT2D eigenvalue weighted by atomic mass is 10.4. The van der Waals surface area contributed by atoms with E-state index in [1.807, 2.05) is 0 Å². The van der Waals surface area contributed by atoms with Crippen LogP contribution in [-0.2, 0) is 9.05 Å². The molecule has 0 fully saturated rings. The highest BCUT2D eigenvalue weighted by molar-refractivity contribution is 8.13. The van der Waals surface area contributed by atoms with Gasteiger partial charge in [0.25, 0.3) is 9.05 Å². The SMILES string of the molecule is Cc1nccc(S(=O)(=O)Cl)c1Cl. The molecule has 1 aromatic heterocycles. The maximum absolute atomic E-state index is 10.9. The molecule has 0 unspecified atom stereocenters. The third-order valence-electron chi connectivity index (χ3n) is 1.29. The number of rotatable bonds is 1. The molecule has 0 aliphatic heterocycles. The molecule has 1 heterocycles. The highest BCUT2D eigenvalue weighted by Crippen LogP contribution is 2.25. The molecule has 0 amide bonds. The lowest BCUT2D eigenvalue weighted by molar-refractivity contribution is 0.609. The summed E-state index contributed by atoms with van der Waals surface area (Å²) in [6, 6.07) is 1.26. The third-order valence-corrected chi connectivity index (χ3v) is 3.24. The van der Waals surface area contributed by atoms with Crippen molar-refractivity contribution >= 4 is 31.3 Å². The molecule has 66 valence electrons. The summed E-state index contributed by atoms with van der Waals surface area (Å²) in [6.45, 7) is 1.61. The van der Waals surface area contributed by atoms with E-state index in [2.05, 4.69) is 4.98 Å². The molecule has 0 aliphatic rings. The molecule has 0 radical (unpaired) electrons. The van der Waals surface area contributed by atoms with Gasteiger partial charge < -0.3 is 0 Å². The van der Waals surface area contributed by atoms with Crippen molar-refractivity contribution < 1.29 is 8.42 Å². The quantitative estimate of drug-likeness (QED) is 0.687. The van der Waals surface area contributed by atoms with E-state index in [-0.39, 0.29) is 9.92 Å². The first-order chi connectivity index (χ1) is 5.43. The van der Waals surface area contributed by atoms with Gasteiger partial charge in [-0.05, 0) is 13.0 Å². The standard InChI is InChI=1S/C6H5Cl2NO2S/c1-4-6(7)5(2-3-9-4)12(8,10)11/h2-3H,1H3. The van der Waals surface area contributed by atoms with Crippen LogP contribution in [0.3, 0.4) is 0 Å². The molecule has 0 aliphatic carbocycles. The minimum absolute atomic E-state index is 0.0764. The molecule has 12 heavy (non-hydrogen) atoms. The molecule has 0 aromatic carbocycles. The van der Waals surface area contributed by atoms with Crippen molar-refractivity contribution in [3.05, 3.63) is 23.0 Å². The Morgan fingerprint density at radius 1 is 1.50 bits per heavy atom. The first-order valence-electron chi connectivity index (χ1n) is 2.98. The van der Waals surface area contributed by atoms with E-state index >= 15 is 0 Å². The molecule has 0 atom stereocenters. The van der Waals surface area contributed by atoms with E-state index in [1.165, 1.54) is 12.3 Å². The van der Waals surface area contributed by atoms with Gasteiger partial charge in [-0.3, -0.25) is 4.98 Å². The molecular weight excluding hydrogens is 221 g/mol. The Morgan fingerprint density at radius 3 is 2.50 bits per heavy atom. The predicted octanol–water partition coefficient (Wildman–Crippen LogP) is 1.97. The number of hydrogen-bond donors (Lipinski definition) is 0. The summed E-state index contributed by atoms with van der Waals surface area (Å²) in [5.41, 5.74) is 0.443. The Bertz CT molecular complexity index is 402. The molecule has 6 heteroatoms. The monoisotopic (exact) mass is 225 g/mol. The summed E-state index contributed by atoms with van der Waals surface area (Å²) in [5, 5.41) is 0.0764. The fraction of sp³-hybridized carbons (Fsp3) is 0.167. The van der Waals surface area contributed by atoms with Crippen LogP contribution in [0.15, 0.2) is 17.2 Å². The van der Waals surface area contributed by atoms with Crippen molar-refractivity contribution in [2.75, 3.05) is 0 Å². The average Bonchev–Trinajstić information content (AvgIpc) is 1.92. The second-order valence-electron chi connectivity index (χ2n) is 2.15. The van der Waals surface area contributed by atoms with Crippen molar-refractivity contribution in [3.8, 4) is 0 Å². The van der Waals surface area contributed by atoms with Crippen LogP contribution >= 0.6 is 22.3 Å². The topological polar surface area (TPSA) is 47.0 Å². The Balaban J connectivity index is 3.47. The lowest BCUT2D eigenvalue weighted by Crippen LogP contribution is -1.94. The third kappa shape index (κ3) is 1.88. The number of aromatic nitrogens is 1. The summed E-state index contributed by atoms with van der Waals surface area (Å²) in [4.78, 5) is 3.70. The normalized spacial score (nSPS) is 11.6. The number of aryl methyl sites for hydroxylation is 1. The van der Waals surface area contributed by atoms with Gasteiger partial charge >= 0.3 is 0 Å². The van der Waals surface area contributed by atoms with Crippen molar-refractivity contribution in [1.29, 1.82) is 0 Å². The minimum Gasteiger partial charge on any atom is -0.260 e. The zero-order valence-electron chi connectivity index (χ0n) is 6.08. The van der Waals surface area contributed by atoms with E-state index in [4.69, 9.17) is 22.3 Å². The van der Waals surface area contributed by atoms with Crippen LogP contribution in [-0.4, -0.2) is 13.4 Å². The van der Waals surface area contributed by atoms with Crippen molar-refractivity contribution in [2.24, 2.45) is 0 Å². The number of halogens is 2. The van der Waals surface area contributed by atoms with E-state index in [0.29, 0.717) is 5.69 Å². The first kappa shape index (κ1) is 9.77. The van der Waals surface area contributed by atoms with Gasteiger partial charge in [0.2, 0.25) is 0 Å². The molecule has 3 nitrogen and oxygen atoms in total. The van der Waals surface area contributed by atoms with Crippen molar-refractivity contribution in [2.45, 2.75) is 11.8 Å². The number of pyridine rings is 1. The maximum atomic E-state index is 10.9. The second kappa shape index (κ2) is 3.20. The first-order valence-corrected chi connectivity index (χ1v) is 5.67. The average molecular weight is 226 g/mol. The molecule has 0 N–H and O–H groups in total. The fourth-order valence-corrected chi connectivity index (χ4v) is 2.22. The Kier molecular flexibility index (Phi) is 2.61. The molecule has 1 rings (SSSR count). The van der Waals surface area contributed by atoms with Gasteiger partial charge in [-0.15, -0.1) is 0 Å². The van der Waals surface area contributed by atoms with E-state index in [0.717, 1.165) is 0 Å². The predicted molar refractivity (Wildman–Crippen MR) is 47.0 cm³/mol. The van der Waals surface area contributed by atoms with Gasteiger partial charge in [-0.2, -0.15) is 0 Å². The van der Waals surface area contributed by atoms with E-state index in [1.54, 1.807) is 6.92 Å². The summed E-state index contributed by atoms with van der Waals surface area (Å²) < 4.78 is 21.7. The van der Waals surface area contributed by atoms with Crippen molar-refractivity contribution in [3.63, 3.8) is 0 Å². The van der Waals surface area contributed by atoms with Gasteiger partial charge in [0.15, 0.2) is 0 Å². The second-order valence-corrected chi connectivity index (χ2v) is 5.06.